The van der Waals surface area contributed by atoms with Crippen LogP contribution in [0.15, 0.2) is 126 Å². The Morgan fingerprint density at radius 2 is 0.638 bits per heavy atom. The largest absolute Gasteiger partial charge is 0.453 e. The lowest BCUT2D eigenvalue weighted by molar-refractivity contribution is 0.487. The summed E-state index contributed by atoms with van der Waals surface area (Å²) >= 11 is 0. The summed E-state index contributed by atoms with van der Waals surface area (Å²) in [6.45, 7) is 22.3. The maximum absolute atomic E-state index is 7.26. The lowest BCUT2D eigenvalue weighted by atomic mass is 9.80. The molecule has 0 amide bonds. The van der Waals surface area contributed by atoms with E-state index in [-0.39, 0.29) is 23.7 Å². The van der Waals surface area contributed by atoms with E-state index in [0.717, 1.165) is 88.8 Å². The van der Waals surface area contributed by atoms with Crippen molar-refractivity contribution in [1.82, 2.24) is 0 Å². The molecule has 0 aliphatic rings. The molecule has 6 aromatic carbocycles. The summed E-state index contributed by atoms with van der Waals surface area (Å²) < 4.78 is 41.4. The van der Waals surface area contributed by atoms with Crippen molar-refractivity contribution in [3.8, 4) is 22.6 Å². The minimum Gasteiger partial charge on any atom is -0.390 e. The first-order chi connectivity index (χ1) is 27.9. The van der Waals surface area contributed by atoms with E-state index < -0.39 is 16.5 Å². The van der Waals surface area contributed by atoms with Crippen molar-refractivity contribution in [2.24, 2.45) is 0 Å². The second-order valence-corrected chi connectivity index (χ2v) is 18.4. The third-order valence-corrected chi connectivity index (χ3v) is 13.2. The summed E-state index contributed by atoms with van der Waals surface area (Å²) in [5.41, 5.74) is 11.7. The molecule has 0 saturated carbocycles. The zero-order chi connectivity index (χ0) is 40.8. The van der Waals surface area contributed by atoms with Crippen LogP contribution in [0.5, 0.6) is 11.5 Å². The van der Waals surface area contributed by atoms with Crippen LogP contribution in [0.4, 0.5) is 0 Å². The third-order valence-electron chi connectivity index (χ3n) is 11.1. The number of para-hydroxylation sites is 4. The summed E-state index contributed by atoms with van der Waals surface area (Å²) in [5, 5.41) is 3.87. The molecule has 0 radical (unpaired) electrons. The van der Waals surface area contributed by atoms with Crippen molar-refractivity contribution in [1.29, 1.82) is 0 Å². The van der Waals surface area contributed by atoms with Gasteiger partial charge in [0.15, 0.2) is 0 Å². The summed E-state index contributed by atoms with van der Waals surface area (Å²) in [7, 11) is -3.91. The average molecular weight is 811 g/mol. The van der Waals surface area contributed by atoms with E-state index in [4.69, 9.17) is 25.8 Å². The molecular weight excluding hydrogens is 758 g/mol. The van der Waals surface area contributed by atoms with Gasteiger partial charge in [-0.15, -0.1) is 0 Å². The van der Waals surface area contributed by atoms with E-state index in [9.17, 15) is 0 Å². The molecule has 0 bridgehead atoms. The van der Waals surface area contributed by atoms with Gasteiger partial charge in [-0.2, -0.15) is 0 Å². The van der Waals surface area contributed by atoms with E-state index in [0.29, 0.717) is 0 Å². The highest BCUT2D eigenvalue weighted by atomic mass is 31.1. The topological polar surface area (TPSA) is 71.0 Å². The van der Waals surface area contributed by atoms with Crippen molar-refractivity contribution < 1.29 is 25.8 Å². The molecule has 8 rings (SSSR count). The Hall–Kier alpha value is -5.28. The lowest BCUT2D eigenvalue weighted by Gasteiger charge is -2.28. The zero-order valence-electron chi connectivity index (χ0n) is 35.0. The molecule has 0 aliphatic heterocycles. The predicted molar refractivity (Wildman–Crippen MR) is 242 cm³/mol. The van der Waals surface area contributed by atoms with Gasteiger partial charge in [0, 0.05) is 32.7 Å². The first-order valence-corrected chi connectivity index (χ1v) is 22.5. The molecule has 0 unspecified atom stereocenters. The van der Waals surface area contributed by atoms with Crippen LogP contribution in [0.1, 0.15) is 112 Å². The molecular formula is C50H52O6P2. The van der Waals surface area contributed by atoms with Crippen LogP contribution in [-0.4, -0.2) is 0 Å². The fourth-order valence-corrected chi connectivity index (χ4v) is 10.3. The average Bonchev–Trinajstić information content (AvgIpc) is 3.45. The SMILES string of the molecule is Cc1c(C(C)C)cc(C(C)C)c(Op2oc3ccccc3c3ccccc3o2)c1-c1c(C)c(C(C)C)cc(C(C)C)c1Op1oc2ccccc2c2ccccc2o1. The molecule has 0 spiro atoms. The first kappa shape index (κ1) is 39.5. The van der Waals surface area contributed by atoms with Crippen LogP contribution in [0.25, 0.3) is 55.0 Å². The lowest BCUT2D eigenvalue weighted by Crippen LogP contribution is -2.08. The van der Waals surface area contributed by atoms with Gasteiger partial charge in [-0.05, 0) is 95.2 Å². The summed E-state index contributed by atoms with van der Waals surface area (Å²) in [5.74, 6) is 2.18. The minimum atomic E-state index is -1.96. The van der Waals surface area contributed by atoms with Crippen LogP contribution in [0.3, 0.4) is 0 Å². The van der Waals surface area contributed by atoms with E-state index in [1.165, 1.54) is 11.1 Å². The Morgan fingerprint density at radius 1 is 0.379 bits per heavy atom. The molecule has 2 heterocycles. The monoisotopic (exact) mass is 810 g/mol. The van der Waals surface area contributed by atoms with Crippen LogP contribution in [0, 0.1) is 13.8 Å². The molecule has 298 valence electrons. The highest BCUT2D eigenvalue weighted by Crippen LogP contribution is 2.54. The Balaban J connectivity index is 1.48. The first-order valence-electron chi connectivity index (χ1n) is 20.3. The maximum Gasteiger partial charge on any atom is 0.453 e. The number of fused-ring (bicyclic) bond motifs is 6. The summed E-state index contributed by atoms with van der Waals surface area (Å²) in [6, 6.07) is 36.9. The Kier molecular flexibility index (Phi) is 11.0. The van der Waals surface area contributed by atoms with Crippen molar-refractivity contribution in [3.05, 3.63) is 143 Å². The van der Waals surface area contributed by atoms with Crippen LogP contribution in [-0.2, 0) is 0 Å². The molecule has 8 heteroatoms. The molecule has 0 fully saturated rings. The van der Waals surface area contributed by atoms with Gasteiger partial charge in [0.1, 0.15) is 33.8 Å². The van der Waals surface area contributed by atoms with Gasteiger partial charge in [0.05, 0.1) is 0 Å². The standard InChI is InChI=1S/C50H52O6P2/c1-29(2)39-27-41(31(5)6)49(55-57-51-43-23-15-11-19-35(43)36-20-12-16-24-44(36)52-57)47(33(39)9)48-34(10)40(30(3)4)28-42(32(7)8)50(48)56-58-53-45-25-17-13-21-37(45)38-22-14-18-26-46(38)54-58/h11-32H,1-10H3. The number of rotatable bonds is 9. The van der Waals surface area contributed by atoms with Crippen molar-refractivity contribution >= 4 is 60.4 Å². The second-order valence-electron chi connectivity index (χ2n) is 16.4. The van der Waals surface area contributed by atoms with Gasteiger partial charge in [0.25, 0.3) is 0 Å². The predicted octanol–water partition coefficient (Wildman–Crippen LogP) is 17.4. The Morgan fingerprint density at radius 3 is 0.897 bits per heavy atom. The summed E-state index contributed by atoms with van der Waals surface area (Å²) in [4.78, 5) is 0. The van der Waals surface area contributed by atoms with E-state index >= 15 is 0 Å². The Bertz CT molecular complexity index is 2580. The second kappa shape index (κ2) is 16.2. The van der Waals surface area contributed by atoms with E-state index in [1.807, 2.05) is 72.8 Å². The normalized spacial score (nSPS) is 11.9. The van der Waals surface area contributed by atoms with Crippen molar-refractivity contribution in [3.63, 3.8) is 0 Å². The maximum atomic E-state index is 7.26. The molecule has 2 aromatic heterocycles. The van der Waals surface area contributed by atoms with Gasteiger partial charge in [-0.3, -0.25) is 0 Å². The number of hydrogen-bond donors (Lipinski definition) is 0. The third kappa shape index (κ3) is 7.34. The molecule has 58 heavy (non-hydrogen) atoms. The fraction of sp³-hybridized carbons (Fsp3) is 0.280. The van der Waals surface area contributed by atoms with Gasteiger partial charge < -0.3 is 25.8 Å². The zero-order valence-corrected chi connectivity index (χ0v) is 36.8. The molecule has 0 saturated heterocycles. The fourth-order valence-electron chi connectivity index (χ4n) is 8.11. The van der Waals surface area contributed by atoms with E-state index in [1.54, 1.807) is 0 Å². The quantitative estimate of drug-likeness (QED) is 0.145. The Labute approximate surface area is 343 Å². The minimum absolute atomic E-state index is 0.113. The highest BCUT2D eigenvalue weighted by Gasteiger charge is 2.31. The smallest absolute Gasteiger partial charge is 0.390 e. The summed E-state index contributed by atoms with van der Waals surface area (Å²) in [6.07, 6.45) is 0. The van der Waals surface area contributed by atoms with Crippen molar-refractivity contribution in [2.45, 2.75) is 92.9 Å². The van der Waals surface area contributed by atoms with Gasteiger partial charge in [-0.25, -0.2) is 0 Å². The van der Waals surface area contributed by atoms with Gasteiger partial charge >= 0.3 is 16.5 Å². The van der Waals surface area contributed by atoms with E-state index in [2.05, 4.69) is 106 Å². The highest BCUT2D eigenvalue weighted by molar-refractivity contribution is 7.32. The number of benzene rings is 6. The van der Waals surface area contributed by atoms with Gasteiger partial charge in [-0.1, -0.05) is 140 Å². The molecule has 0 aliphatic carbocycles. The van der Waals surface area contributed by atoms with Crippen molar-refractivity contribution in [2.75, 3.05) is 0 Å². The van der Waals surface area contributed by atoms with Gasteiger partial charge in [0.2, 0.25) is 0 Å². The molecule has 8 aromatic rings. The molecule has 0 N–H and O–H groups in total. The van der Waals surface area contributed by atoms with Crippen LogP contribution in [0.2, 0.25) is 0 Å². The molecule has 0 atom stereocenters. The molecule has 6 nitrogen and oxygen atoms in total. The van der Waals surface area contributed by atoms with Crippen LogP contribution < -0.4 is 9.05 Å². The number of hydrogen-bond acceptors (Lipinski definition) is 6. The van der Waals surface area contributed by atoms with Crippen LogP contribution >= 0.6 is 16.5 Å².